The average molecular weight is 348 g/mol. The Hall–Kier alpha value is -2.01. The maximum absolute atomic E-state index is 12.3. The first-order valence-corrected chi connectivity index (χ1v) is 8.48. The fourth-order valence-corrected chi connectivity index (χ4v) is 2.95. The number of benzene rings is 1. The highest BCUT2D eigenvalue weighted by molar-refractivity contribution is 6.30. The van der Waals surface area contributed by atoms with Gasteiger partial charge in [0.2, 0.25) is 5.91 Å². The van der Waals surface area contributed by atoms with Crippen molar-refractivity contribution in [3.8, 4) is 11.3 Å². The zero-order valence-corrected chi connectivity index (χ0v) is 15.0. The van der Waals surface area contributed by atoms with Crippen LogP contribution in [0.1, 0.15) is 20.8 Å². The van der Waals surface area contributed by atoms with Gasteiger partial charge in [0.25, 0.3) is 6.01 Å². The Morgan fingerprint density at radius 3 is 2.54 bits per heavy atom. The fraction of sp³-hybridized carbons (Fsp3) is 0.444. The standard InChI is InChI=1S/C18H22ClN3O2/c1-18(2,3)16(23)21-7-9-22(10-8-21)17-20-12-15(24-17)13-5-4-6-14(19)11-13/h4-6,11-12H,7-10H2,1-3H3. The topological polar surface area (TPSA) is 49.6 Å². The Bertz CT molecular complexity index is 728. The molecule has 0 spiro atoms. The maximum Gasteiger partial charge on any atom is 0.297 e. The second-order valence-electron chi connectivity index (χ2n) is 7.05. The zero-order chi connectivity index (χ0) is 17.3. The number of nitrogens with zero attached hydrogens (tertiary/aromatic N) is 3. The SMILES string of the molecule is CC(C)(C)C(=O)N1CCN(c2ncc(-c3cccc(Cl)c3)o2)CC1. The van der Waals surface area contributed by atoms with Gasteiger partial charge in [0.15, 0.2) is 5.76 Å². The minimum Gasteiger partial charge on any atom is -0.423 e. The van der Waals surface area contributed by atoms with E-state index in [0.29, 0.717) is 29.9 Å². The molecule has 2 aromatic rings. The first kappa shape index (κ1) is 16.8. The van der Waals surface area contributed by atoms with Crippen LogP contribution >= 0.6 is 11.6 Å². The first-order chi connectivity index (χ1) is 11.3. The van der Waals surface area contributed by atoms with Gasteiger partial charge in [-0.1, -0.05) is 44.5 Å². The van der Waals surface area contributed by atoms with E-state index in [0.717, 1.165) is 18.7 Å². The average Bonchev–Trinajstić information content (AvgIpc) is 3.03. The number of carbonyl (C=O) groups is 1. The monoisotopic (exact) mass is 347 g/mol. The lowest BCUT2D eigenvalue weighted by molar-refractivity contribution is -0.139. The molecular weight excluding hydrogens is 326 g/mol. The molecule has 1 saturated heterocycles. The summed E-state index contributed by atoms with van der Waals surface area (Å²) in [7, 11) is 0. The van der Waals surface area contributed by atoms with Crippen molar-refractivity contribution in [1.29, 1.82) is 0 Å². The number of hydrogen-bond donors (Lipinski definition) is 0. The summed E-state index contributed by atoms with van der Waals surface area (Å²) in [5.41, 5.74) is 0.563. The van der Waals surface area contributed by atoms with Gasteiger partial charge in [-0.15, -0.1) is 0 Å². The summed E-state index contributed by atoms with van der Waals surface area (Å²) in [6.07, 6.45) is 1.72. The van der Waals surface area contributed by atoms with Crippen molar-refractivity contribution in [3.63, 3.8) is 0 Å². The van der Waals surface area contributed by atoms with Crippen LogP contribution in [-0.2, 0) is 4.79 Å². The van der Waals surface area contributed by atoms with Gasteiger partial charge in [-0.25, -0.2) is 4.98 Å². The molecule has 1 aromatic carbocycles. The lowest BCUT2D eigenvalue weighted by atomic mass is 9.94. The number of hydrogen-bond acceptors (Lipinski definition) is 4. The molecule has 6 heteroatoms. The molecule has 0 bridgehead atoms. The van der Waals surface area contributed by atoms with Gasteiger partial charge in [0.1, 0.15) is 0 Å². The second kappa shape index (κ2) is 6.48. The molecule has 128 valence electrons. The normalized spacial score (nSPS) is 15.7. The predicted octanol–water partition coefficient (Wildman–Crippen LogP) is 3.69. The van der Waals surface area contributed by atoms with Crippen molar-refractivity contribution in [2.75, 3.05) is 31.1 Å². The minimum absolute atomic E-state index is 0.189. The Kier molecular flexibility index (Phi) is 4.54. The summed E-state index contributed by atoms with van der Waals surface area (Å²) < 4.78 is 5.88. The van der Waals surface area contributed by atoms with E-state index in [1.54, 1.807) is 6.20 Å². The smallest absolute Gasteiger partial charge is 0.297 e. The van der Waals surface area contributed by atoms with E-state index in [9.17, 15) is 4.79 Å². The molecule has 24 heavy (non-hydrogen) atoms. The van der Waals surface area contributed by atoms with Gasteiger partial charge in [-0.05, 0) is 12.1 Å². The summed E-state index contributed by atoms with van der Waals surface area (Å²) >= 11 is 6.02. The molecule has 1 amide bonds. The molecule has 0 radical (unpaired) electrons. The van der Waals surface area contributed by atoms with Gasteiger partial charge in [0, 0.05) is 42.2 Å². The minimum atomic E-state index is -0.342. The molecule has 0 unspecified atom stereocenters. The molecule has 1 fully saturated rings. The molecular formula is C18H22ClN3O2. The number of anilines is 1. The van der Waals surface area contributed by atoms with E-state index in [4.69, 9.17) is 16.0 Å². The Morgan fingerprint density at radius 2 is 1.92 bits per heavy atom. The molecule has 0 N–H and O–H groups in total. The predicted molar refractivity (Wildman–Crippen MR) is 95.2 cm³/mol. The van der Waals surface area contributed by atoms with Crippen LogP contribution in [0.3, 0.4) is 0 Å². The fourth-order valence-electron chi connectivity index (χ4n) is 2.76. The third-order valence-corrected chi connectivity index (χ3v) is 4.32. The highest BCUT2D eigenvalue weighted by Crippen LogP contribution is 2.27. The molecule has 5 nitrogen and oxygen atoms in total. The van der Waals surface area contributed by atoms with Crippen molar-refractivity contribution in [3.05, 3.63) is 35.5 Å². The highest BCUT2D eigenvalue weighted by Gasteiger charge is 2.30. The molecule has 1 aliphatic heterocycles. The van der Waals surface area contributed by atoms with Crippen LogP contribution in [0, 0.1) is 5.41 Å². The largest absolute Gasteiger partial charge is 0.423 e. The van der Waals surface area contributed by atoms with Crippen LogP contribution in [0.25, 0.3) is 11.3 Å². The Morgan fingerprint density at radius 1 is 1.21 bits per heavy atom. The van der Waals surface area contributed by atoms with Crippen LogP contribution < -0.4 is 4.90 Å². The van der Waals surface area contributed by atoms with Gasteiger partial charge in [-0.2, -0.15) is 0 Å². The lowest BCUT2D eigenvalue weighted by Crippen LogP contribution is -2.51. The quantitative estimate of drug-likeness (QED) is 0.831. The van der Waals surface area contributed by atoms with E-state index in [1.807, 2.05) is 49.9 Å². The summed E-state index contributed by atoms with van der Waals surface area (Å²) in [5, 5.41) is 0.666. The number of halogens is 1. The molecule has 2 heterocycles. The molecule has 0 aliphatic carbocycles. The van der Waals surface area contributed by atoms with Crippen molar-refractivity contribution < 1.29 is 9.21 Å². The molecule has 0 saturated carbocycles. The van der Waals surface area contributed by atoms with Gasteiger partial charge >= 0.3 is 0 Å². The zero-order valence-electron chi connectivity index (χ0n) is 14.3. The summed E-state index contributed by atoms with van der Waals surface area (Å²) in [6, 6.07) is 8.10. The summed E-state index contributed by atoms with van der Waals surface area (Å²) in [5.74, 6) is 0.884. The Labute approximate surface area is 147 Å². The second-order valence-corrected chi connectivity index (χ2v) is 7.48. The van der Waals surface area contributed by atoms with E-state index >= 15 is 0 Å². The van der Waals surface area contributed by atoms with E-state index in [1.165, 1.54) is 0 Å². The van der Waals surface area contributed by atoms with E-state index in [-0.39, 0.29) is 11.3 Å². The number of rotatable bonds is 2. The van der Waals surface area contributed by atoms with Crippen LogP contribution in [0.2, 0.25) is 5.02 Å². The van der Waals surface area contributed by atoms with Crippen LogP contribution in [-0.4, -0.2) is 42.0 Å². The maximum atomic E-state index is 12.3. The summed E-state index contributed by atoms with van der Waals surface area (Å²) in [6.45, 7) is 8.66. The number of carbonyl (C=O) groups excluding carboxylic acids is 1. The highest BCUT2D eigenvalue weighted by atomic mass is 35.5. The third-order valence-electron chi connectivity index (χ3n) is 4.08. The third kappa shape index (κ3) is 3.56. The van der Waals surface area contributed by atoms with Crippen molar-refractivity contribution in [2.24, 2.45) is 5.41 Å². The summed E-state index contributed by atoms with van der Waals surface area (Å²) in [4.78, 5) is 20.7. The number of piperazine rings is 1. The molecule has 1 aromatic heterocycles. The number of oxazole rings is 1. The molecule has 3 rings (SSSR count). The van der Waals surface area contributed by atoms with Crippen molar-refractivity contribution >= 4 is 23.5 Å². The number of amides is 1. The molecule has 1 aliphatic rings. The molecule has 0 atom stereocenters. The van der Waals surface area contributed by atoms with Crippen LogP contribution in [0.4, 0.5) is 6.01 Å². The lowest BCUT2D eigenvalue weighted by Gasteiger charge is -2.37. The first-order valence-electron chi connectivity index (χ1n) is 8.11. The van der Waals surface area contributed by atoms with E-state index in [2.05, 4.69) is 9.88 Å². The van der Waals surface area contributed by atoms with Crippen molar-refractivity contribution in [2.45, 2.75) is 20.8 Å². The number of aromatic nitrogens is 1. The van der Waals surface area contributed by atoms with E-state index < -0.39 is 0 Å². The van der Waals surface area contributed by atoms with Gasteiger partial charge in [-0.3, -0.25) is 4.79 Å². The van der Waals surface area contributed by atoms with Crippen LogP contribution in [0.15, 0.2) is 34.9 Å². The van der Waals surface area contributed by atoms with Gasteiger partial charge in [0.05, 0.1) is 6.20 Å². The van der Waals surface area contributed by atoms with Gasteiger partial charge < -0.3 is 14.2 Å². The van der Waals surface area contributed by atoms with Crippen molar-refractivity contribution in [1.82, 2.24) is 9.88 Å². The Balaban J connectivity index is 1.67. The van der Waals surface area contributed by atoms with Crippen LogP contribution in [0.5, 0.6) is 0 Å².